The number of aliphatic carboxylic acids is 1. The molecule has 8 nitrogen and oxygen atoms in total. The molecular weight excluding hydrogens is 372 g/mol. The molecule has 2 aliphatic rings. The second-order valence-corrected chi connectivity index (χ2v) is 9.15. The Bertz CT molecular complexity index is 864. The second-order valence-electron chi connectivity index (χ2n) is 7.16. The first-order chi connectivity index (χ1) is 12.7. The molecule has 146 valence electrons. The Morgan fingerprint density at radius 1 is 1.11 bits per heavy atom. The Balaban J connectivity index is 1.86. The molecule has 9 heteroatoms. The molecule has 1 aliphatic heterocycles. The van der Waals surface area contributed by atoms with Crippen LogP contribution >= 0.6 is 0 Å². The smallest absolute Gasteiger partial charge is 0.326 e. The highest BCUT2D eigenvalue weighted by Crippen LogP contribution is 2.40. The molecule has 3 N–H and O–H groups in total. The van der Waals surface area contributed by atoms with Gasteiger partial charge in [0.15, 0.2) is 9.84 Å². The Kier molecular flexibility index (Phi) is 5.23. The summed E-state index contributed by atoms with van der Waals surface area (Å²) in [5, 5.41) is 9.54. The van der Waals surface area contributed by atoms with Gasteiger partial charge < -0.3 is 15.7 Å². The van der Waals surface area contributed by atoms with E-state index in [-0.39, 0.29) is 22.4 Å². The number of hydrogen-bond acceptors (Lipinski definition) is 5. The second kappa shape index (κ2) is 7.30. The zero-order valence-corrected chi connectivity index (χ0v) is 15.5. The highest BCUT2D eigenvalue weighted by Gasteiger charge is 2.47. The Morgan fingerprint density at radius 2 is 1.74 bits per heavy atom. The van der Waals surface area contributed by atoms with Gasteiger partial charge in [0.25, 0.3) is 5.91 Å². The van der Waals surface area contributed by atoms with Gasteiger partial charge in [-0.05, 0) is 49.4 Å². The van der Waals surface area contributed by atoms with Crippen LogP contribution in [0.4, 0.5) is 0 Å². The number of carbonyl (C=O) groups is 3. The number of carboxylic acids is 1. The highest BCUT2D eigenvalue weighted by molar-refractivity contribution is 7.92. The number of fused-ring (bicyclic) bond motifs is 1. The third kappa shape index (κ3) is 3.83. The van der Waals surface area contributed by atoms with Gasteiger partial charge in [0.2, 0.25) is 5.91 Å². The molecule has 0 spiro atoms. The van der Waals surface area contributed by atoms with Crippen molar-refractivity contribution in [3.05, 3.63) is 29.8 Å². The van der Waals surface area contributed by atoms with Crippen LogP contribution in [-0.4, -0.2) is 54.0 Å². The van der Waals surface area contributed by atoms with E-state index in [2.05, 4.69) is 0 Å². The minimum atomic E-state index is -3.86. The molecule has 1 saturated heterocycles. The van der Waals surface area contributed by atoms with Crippen LogP contribution < -0.4 is 5.73 Å². The van der Waals surface area contributed by atoms with Crippen LogP contribution in [-0.2, 0) is 19.4 Å². The molecule has 1 aromatic rings. The molecule has 3 atom stereocenters. The molecule has 1 saturated carbocycles. The normalized spacial score (nSPS) is 25.0. The van der Waals surface area contributed by atoms with Crippen LogP contribution in [0.25, 0.3) is 0 Å². The first-order valence-corrected chi connectivity index (χ1v) is 10.5. The summed E-state index contributed by atoms with van der Waals surface area (Å²) in [7, 11) is -3.86. The van der Waals surface area contributed by atoms with E-state index in [0.29, 0.717) is 6.42 Å². The van der Waals surface area contributed by atoms with Crippen LogP contribution in [0.1, 0.15) is 42.5 Å². The van der Waals surface area contributed by atoms with Crippen LogP contribution in [0, 0.1) is 5.92 Å². The van der Waals surface area contributed by atoms with E-state index in [0.717, 1.165) is 25.7 Å². The number of benzene rings is 1. The van der Waals surface area contributed by atoms with Gasteiger partial charge in [-0.25, -0.2) is 13.2 Å². The van der Waals surface area contributed by atoms with Crippen LogP contribution in [0.15, 0.2) is 29.2 Å². The van der Waals surface area contributed by atoms with Crippen molar-refractivity contribution in [2.45, 2.75) is 49.1 Å². The number of sulfone groups is 1. The number of nitrogens with two attached hydrogens (primary N) is 1. The molecule has 3 rings (SSSR count). The fraction of sp³-hybridized carbons (Fsp3) is 0.500. The summed E-state index contributed by atoms with van der Waals surface area (Å²) in [5.41, 5.74) is 5.18. The van der Waals surface area contributed by atoms with Crippen molar-refractivity contribution in [2.75, 3.05) is 5.75 Å². The zero-order chi connectivity index (χ0) is 19.8. The quantitative estimate of drug-likeness (QED) is 0.758. The molecule has 0 bridgehead atoms. The van der Waals surface area contributed by atoms with Crippen LogP contribution in [0.2, 0.25) is 0 Å². The number of carboxylic acid groups (broad SMARTS) is 1. The lowest BCUT2D eigenvalue weighted by Crippen LogP contribution is -2.46. The number of primary amides is 1. The summed E-state index contributed by atoms with van der Waals surface area (Å²) in [6.45, 7) is 0. The van der Waals surface area contributed by atoms with E-state index in [1.165, 1.54) is 29.2 Å². The molecule has 0 radical (unpaired) electrons. The van der Waals surface area contributed by atoms with E-state index < -0.39 is 39.4 Å². The standard InChI is InChI=1S/C18H22N2O6S/c19-16(21)10-27(25,26)13-7-5-11(6-8-13)17(22)20-14-4-2-1-3-12(14)9-15(20)18(23)24/h5-8,12,14-15H,1-4,9-10H2,(H2,19,21)(H,23,24). The van der Waals surface area contributed by atoms with Gasteiger partial charge in [-0.15, -0.1) is 0 Å². The molecular formula is C18H22N2O6S. The largest absolute Gasteiger partial charge is 0.480 e. The van der Waals surface area contributed by atoms with Crippen molar-refractivity contribution < 1.29 is 27.9 Å². The zero-order valence-electron chi connectivity index (χ0n) is 14.7. The Labute approximate surface area is 157 Å². The van der Waals surface area contributed by atoms with Crippen molar-refractivity contribution >= 4 is 27.6 Å². The first kappa shape index (κ1) is 19.3. The minimum absolute atomic E-state index is 0.0920. The number of likely N-dealkylation sites (tertiary alicyclic amines) is 1. The van der Waals surface area contributed by atoms with Gasteiger partial charge in [0, 0.05) is 11.6 Å². The lowest BCUT2D eigenvalue weighted by molar-refractivity contribution is -0.141. The monoisotopic (exact) mass is 394 g/mol. The number of carbonyl (C=O) groups excluding carboxylic acids is 2. The number of nitrogens with zero attached hydrogens (tertiary/aromatic N) is 1. The summed E-state index contributed by atoms with van der Waals surface area (Å²) < 4.78 is 24.1. The van der Waals surface area contributed by atoms with Gasteiger partial charge in [-0.2, -0.15) is 0 Å². The third-order valence-electron chi connectivity index (χ3n) is 5.40. The topological polar surface area (TPSA) is 135 Å². The lowest BCUT2D eigenvalue weighted by Gasteiger charge is -2.33. The number of amides is 2. The predicted molar refractivity (Wildman–Crippen MR) is 95.6 cm³/mol. The van der Waals surface area contributed by atoms with E-state index >= 15 is 0 Å². The van der Waals surface area contributed by atoms with Crippen LogP contribution in [0.5, 0.6) is 0 Å². The van der Waals surface area contributed by atoms with Crippen molar-refractivity contribution in [1.29, 1.82) is 0 Å². The molecule has 2 amide bonds. The maximum Gasteiger partial charge on any atom is 0.326 e. The molecule has 1 heterocycles. The minimum Gasteiger partial charge on any atom is -0.480 e. The summed E-state index contributed by atoms with van der Waals surface area (Å²) in [6.07, 6.45) is 4.16. The van der Waals surface area contributed by atoms with Gasteiger partial charge in [0.05, 0.1) is 4.90 Å². The van der Waals surface area contributed by atoms with Gasteiger partial charge in [-0.3, -0.25) is 9.59 Å². The molecule has 0 aromatic heterocycles. The summed E-state index contributed by atoms with van der Waals surface area (Å²) in [6, 6.07) is 4.25. The Morgan fingerprint density at radius 3 is 2.33 bits per heavy atom. The SMILES string of the molecule is NC(=O)CS(=O)(=O)c1ccc(C(=O)N2C(C(=O)O)CC3CCCCC32)cc1. The maximum absolute atomic E-state index is 13.0. The summed E-state index contributed by atoms with van der Waals surface area (Å²) in [4.78, 5) is 36.9. The first-order valence-electron chi connectivity index (χ1n) is 8.87. The van der Waals surface area contributed by atoms with Gasteiger partial charge >= 0.3 is 5.97 Å². The number of hydrogen-bond donors (Lipinski definition) is 2. The van der Waals surface area contributed by atoms with Crippen molar-refractivity contribution in [1.82, 2.24) is 4.90 Å². The van der Waals surface area contributed by atoms with Crippen LogP contribution in [0.3, 0.4) is 0 Å². The molecule has 1 aromatic carbocycles. The average molecular weight is 394 g/mol. The number of rotatable bonds is 5. The fourth-order valence-corrected chi connectivity index (χ4v) is 5.29. The molecule has 3 unspecified atom stereocenters. The van der Waals surface area contributed by atoms with E-state index in [4.69, 9.17) is 5.73 Å². The Hall–Kier alpha value is -2.42. The van der Waals surface area contributed by atoms with E-state index in [1.54, 1.807) is 0 Å². The fourth-order valence-electron chi connectivity index (χ4n) is 4.20. The highest BCUT2D eigenvalue weighted by atomic mass is 32.2. The summed E-state index contributed by atoms with van der Waals surface area (Å²) >= 11 is 0. The third-order valence-corrected chi connectivity index (χ3v) is 7.06. The van der Waals surface area contributed by atoms with Gasteiger partial charge in [0.1, 0.15) is 11.8 Å². The molecule has 27 heavy (non-hydrogen) atoms. The summed E-state index contributed by atoms with van der Waals surface area (Å²) in [5.74, 6) is -3.00. The molecule has 2 fully saturated rings. The predicted octanol–water partition coefficient (Wildman–Crippen LogP) is 0.804. The van der Waals surface area contributed by atoms with Crippen molar-refractivity contribution in [3.63, 3.8) is 0 Å². The van der Waals surface area contributed by atoms with Crippen molar-refractivity contribution in [3.8, 4) is 0 Å². The average Bonchev–Trinajstić information content (AvgIpc) is 3.00. The van der Waals surface area contributed by atoms with Gasteiger partial charge in [-0.1, -0.05) is 12.8 Å². The van der Waals surface area contributed by atoms with Crippen molar-refractivity contribution in [2.24, 2.45) is 11.7 Å². The van der Waals surface area contributed by atoms with E-state index in [9.17, 15) is 27.9 Å². The maximum atomic E-state index is 13.0. The molecule has 1 aliphatic carbocycles. The van der Waals surface area contributed by atoms with E-state index in [1.807, 2.05) is 0 Å². The lowest BCUT2D eigenvalue weighted by atomic mass is 9.84.